The highest BCUT2D eigenvalue weighted by Gasteiger charge is 2.25. The average Bonchev–Trinajstić information content (AvgIpc) is 2.22. The van der Waals surface area contributed by atoms with Crippen LogP contribution in [0.2, 0.25) is 0 Å². The van der Waals surface area contributed by atoms with Crippen LogP contribution in [-0.4, -0.2) is 11.1 Å². The maximum atomic E-state index is 10.9. The van der Waals surface area contributed by atoms with Crippen LogP contribution in [0.3, 0.4) is 0 Å². The van der Waals surface area contributed by atoms with E-state index in [2.05, 4.69) is 0 Å². The Kier molecular flexibility index (Phi) is 3.68. The maximum absolute atomic E-state index is 10.9. The molecule has 2 unspecified atom stereocenters. The van der Waals surface area contributed by atoms with E-state index in [4.69, 9.17) is 10.4 Å². The Morgan fingerprint density at radius 1 is 1.38 bits per heavy atom. The molecule has 0 aromatic heterocycles. The van der Waals surface area contributed by atoms with E-state index in [-0.39, 0.29) is 5.92 Å². The lowest BCUT2D eigenvalue weighted by Crippen LogP contribution is -2.18. The molecule has 16 heavy (non-hydrogen) atoms. The van der Waals surface area contributed by atoms with Gasteiger partial charge in [0.2, 0.25) is 0 Å². The number of nitriles is 1. The molecule has 0 heterocycles. The van der Waals surface area contributed by atoms with Gasteiger partial charge in [-0.2, -0.15) is 5.26 Å². The van der Waals surface area contributed by atoms with Crippen LogP contribution in [0, 0.1) is 31.1 Å². The van der Waals surface area contributed by atoms with Crippen molar-refractivity contribution >= 4 is 5.97 Å². The lowest BCUT2D eigenvalue weighted by molar-refractivity contribution is -0.140. The summed E-state index contributed by atoms with van der Waals surface area (Å²) in [5.74, 6) is -2.34. The molecule has 0 bridgehead atoms. The van der Waals surface area contributed by atoms with E-state index in [1.807, 2.05) is 38.1 Å². The average molecular weight is 217 g/mol. The summed E-state index contributed by atoms with van der Waals surface area (Å²) in [6, 6.07) is 7.63. The lowest BCUT2D eigenvalue weighted by Gasteiger charge is -2.15. The highest BCUT2D eigenvalue weighted by molar-refractivity contribution is 5.74. The fraction of sp³-hybridized carbons (Fsp3) is 0.385. The maximum Gasteiger partial charge on any atom is 0.321 e. The van der Waals surface area contributed by atoms with Crippen molar-refractivity contribution in [2.75, 3.05) is 0 Å². The minimum absolute atomic E-state index is 0.290. The Hall–Kier alpha value is -1.82. The largest absolute Gasteiger partial charge is 0.480 e. The highest BCUT2D eigenvalue weighted by atomic mass is 16.4. The standard InChI is InChI=1S/C13H15NO2/c1-8-4-5-11(6-9(8)2)10(3)12(7-14)13(15)16/h4-6,10,12H,1-3H3,(H,15,16). The van der Waals surface area contributed by atoms with Crippen molar-refractivity contribution in [2.45, 2.75) is 26.7 Å². The molecular formula is C13H15NO2. The second-order valence-corrected chi connectivity index (χ2v) is 4.08. The number of carboxylic acids is 1. The molecule has 0 amide bonds. The smallest absolute Gasteiger partial charge is 0.321 e. The molecule has 2 atom stereocenters. The molecule has 0 aliphatic rings. The van der Waals surface area contributed by atoms with Gasteiger partial charge in [0, 0.05) is 5.92 Å². The molecule has 1 aromatic rings. The molecular weight excluding hydrogens is 202 g/mol. The molecule has 0 saturated heterocycles. The predicted molar refractivity (Wildman–Crippen MR) is 61.1 cm³/mol. The van der Waals surface area contributed by atoms with Crippen molar-refractivity contribution in [2.24, 2.45) is 5.92 Å². The SMILES string of the molecule is Cc1ccc(C(C)C(C#N)C(=O)O)cc1C. The number of aliphatic carboxylic acids is 1. The van der Waals surface area contributed by atoms with E-state index in [0.29, 0.717) is 0 Å². The summed E-state index contributed by atoms with van der Waals surface area (Å²) >= 11 is 0. The van der Waals surface area contributed by atoms with E-state index in [1.165, 1.54) is 5.56 Å². The molecule has 0 spiro atoms. The highest BCUT2D eigenvalue weighted by Crippen LogP contribution is 2.25. The van der Waals surface area contributed by atoms with Crippen LogP contribution in [-0.2, 0) is 4.79 Å². The Morgan fingerprint density at radius 2 is 2.00 bits per heavy atom. The summed E-state index contributed by atoms with van der Waals surface area (Å²) in [7, 11) is 0. The van der Waals surface area contributed by atoms with Crippen molar-refractivity contribution in [3.05, 3.63) is 34.9 Å². The van der Waals surface area contributed by atoms with E-state index < -0.39 is 11.9 Å². The van der Waals surface area contributed by atoms with Crippen molar-refractivity contribution in [1.29, 1.82) is 5.26 Å². The summed E-state index contributed by atoms with van der Waals surface area (Å²) in [5, 5.41) is 17.7. The van der Waals surface area contributed by atoms with E-state index in [0.717, 1.165) is 11.1 Å². The minimum Gasteiger partial charge on any atom is -0.480 e. The second-order valence-electron chi connectivity index (χ2n) is 4.08. The second kappa shape index (κ2) is 4.80. The topological polar surface area (TPSA) is 61.1 Å². The summed E-state index contributed by atoms with van der Waals surface area (Å²) in [6.07, 6.45) is 0. The summed E-state index contributed by atoms with van der Waals surface area (Å²) in [4.78, 5) is 10.9. The number of hydrogen-bond acceptors (Lipinski definition) is 2. The number of carbonyl (C=O) groups is 1. The van der Waals surface area contributed by atoms with Gasteiger partial charge in [-0.25, -0.2) is 0 Å². The fourth-order valence-corrected chi connectivity index (χ4v) is 1.62. The van der Waals surface area contributed by atoms with Crippen molar-refractivity contribution in [3.8, 4) is 6.07 Å². The quantitative estimate of drug-likeness (QED) is 0.846. The third-order valence-electron chi connectivity index (χ3n) is 2.96. The Morgan fingerprint density at radius 3 is 2.44 bits per heavy atom. The molecule has 0 saturated carbocycles. The van der Waals surface area contributed by atoms with Gasteiger partial charge in [0.15, 0.2) is 0 Å². The molecule has 1 rings (SSSR count). The number of carboxylic acid groups (broad SMARTS) is 1. The van der Waals surface area contributed by atoms with Crippen molar-refractivity contribution in [3.63, 3.8) is 0 Å². The minimum atomic E-state index is -1.06. The number of nitrogens with zero attached hydrogens (tertiary/aromatic N) is 1. The third-order valence-corrected chi connectivity index (χ3v) is 2.96. The summed E-state index contributed by atoms with van der Waals surface area (Å²) in [6.45, 7) is 5.75. The van der Waals surface area contributed by atoms with Crippen LogP contribution in [0.15, 0.2) is 18.2 Å². The van der Waals surface area contributed by atoms with Crippen LogP contribution in [0.4, 0.5) is 0 Å². The molecule has 1 N–H and O–H groups in total. The van der Waals surface area contributed by atoms with Crippen LogP contribution in [0.5, 0.6) is 0 Å². The normalized spacial score (nSPS) is 13.9. The summed E-state index contributed by atoms with van der Waals surface area (Å²) in [5.41, 5.74) is 3.18. The van der Waals surface area contributed by atoms with Gasteiger partial charge in [-0.3, -0.25) is 4.79 Å². The Bertz CT molecular complexity index is 446. The number of benzene rings is 1. The van der Waals surface area contributed by atoms with Crippen molar-refractivity contribution < 1.29 is 9.90 Å². The first-order valence-electron chi connectivity index (χ1n) is 5.17. The Balaban J connectivity index is 3.05. The van der Waals surface area contributed by atoms with Gasteiger partial charge in [-0.15, -0.1) is 0 Å². The molecule has 3 heteroatoms. The summed E-state index contributed by atoms with van der Waals surface area (Å²) < 4.78 is 0. The predicted octanol–water partition coefficient (Wildman–Crippen LogP) is 2.63. The molecule has 84 valence electrons. The molecule has 0 aliphatic heterocycles. The van der Waals surface area contributed by atoms with Gasteiger partial charge in [0.25, 0.3) is 0 Å². The first kappa shape index (κ1) is 12.3. The van der Waals surface area contributed by atoms with Gasteiger partial charge in [-0.1, -0.05) is 25.1 Å². The van der Waals surface area contributed by atoms with Gasteiger partial charge in [-0.05, 0) is 30.5 Å². The zero-order valence-electron chi connectivity index (χ0n) is 9.69. The van der Waals surface area contributed by atoms with E-state index in [9.17, 15) is 4.79 Å². The van der Waals surface area contributed by atoms with Crippen LogP contribution < -0.4 is 0 Å². The number of rotatable bonds is 3. The third kappa shape index (κ3) is 2.40. The number of hydrogen-bond donors (Lipinski definition) is 1. The molecule has 3 nitrogen and oxygen atoms in total. The molecule has 0 fully saturated rings. The lowest BCUT2D eigenvalue weighted by atomic mass is 9.87. The van der Waals surface area contributed by atoms with Crippen LogP contribution in [0.1, 0.15) is 29.5 Å². The fourth-order valence-electron chi connectivity index (χ4n) is 1.62. The van der Waals surface area contributed by atoms with Gasteiger partial charge in [0.05, 0.1) is 6.07 Å². The van der Waals surface area contributed by atoms with Crippen molar-refractivity contribution in [1.82, 2.24) is 0 Å². The van der Waals surface area contributed by atoms with Crippen LogP contribution >= 0.6 is 0 Å². The first-order chi connectivity index (χ1) is 7.47. The van der Waals surface area contributed by atoms with E-state index >= 15 is 0 Å². The van der Waals surface area contributed by atoms with Gasteiger partial charge >= 0.3 is 5.97 Å². The van der Waals surface area contributed by atoms with Gasteiger partial charge in [0.1, 0.15) is 5.92 Å². The Labute approximate surface area is 95.3 Å². The van der Waals surface area contributed by atoms with Crippen LogP contribution in [0.25, 0.3) is 0 Å². The van der Waals surface area contributed by atoms with Gasteiger partial charge < -0.3 is 5.11 Å². The molecule has 0 aliphatic carbocycles. The molecule has 1 aromatic carbocycles. The number of aryl methyl sites for hydroxylation is 2. The first-order valence-corrected chi connectivity index (χ1v) is 5.17. The zero-order chi connectivity index (χ0) is 12.3. The van der Waals surface area contributed by atoms with E-state index in [1.54, 1.807) is 6.92 Å². The zero-order valence-corrected chi connectivity index (χ0v) is 9.69. The monoisotopic (exact) mass is 217 g/mol. The molecule has 0 radical (unpaired) electrons.